The van der Waals surface area contributed by atoms with Gasteiger partial charge in [-0.25, -0.2) is 4.39 Å². The van der Waals surface area contributed by atoms with E-state index in [9.17, 15) is 4.39 Å². The van der Waals surface area contributed by atoms with Crippen LogP contribution >= 0.6 is 15.9 Å². The molecule has 0 aromatic heterocycles. The second-order valence-electron chi connectivity index (χ2n) is 3.09. The van der Waals surface area contributed by atoms with Crippen molar-refractivity contribution < 1.29 is 4.39 Å². The van der Waals surface area contributed by atoms with Gasteiger partial charge in [-0.2, -0.15) is 0 Å². The van der Waals surface area contributed by atoms with E-state index in [1.165, 1.54) is 6.07 Å². The van der Waals surface area contributed by atoms with Crippen LogP contribution in [0.4, 0.5) is 4.39 Å². The Hall–Kier alpha value is -0.670. The highest BCUT2D eigenvalue weighted by atomic mass is 79.9. The Labute approximate surface area is 91.9 Å². The summed E-state index contributed by atoms with van der Waals surface area (Å²) in [5.74, 6) is -0.204. The maximum atomic E-state index is 13.4. The number of hydrogen-bond donors (Lipinski definition) is 1. The smallest absolute Gasteiger partial charge is 0.131 e. The van der Waals surface area contributed by atoms with E-state index in [1.54, 1.807) is 6.07 Å². The van der Waals surface area contributed by atoms with E-state index in [1.807, 2.05) is 19.1 Å². The second-order valence-corrected chi connectivity index (χ2v) is 4.00. The Kier molecular flexibility index (Phi) is 4.29. The molecule has 76 valence electrons. The minimum atomic E-state index is -0.204. The van der Waals surface area contributed by atoms with Gasteiger partial charge < -0.3 is 5.73 Å². The third kappa shape index (κ3) is 2.93. The molecule has 0 atom stereocenters. The standard InChI is InChI=1S/C11H13BrFN/c1-8(3-2-6-14)10-5-4-9(12)7-11(10)13/h3-5,7H,2,6,14H2,1H3/b8-3-. The lowest BCUT2D eigenvalue weighted by molar-refractivity contribution is 0.623. The molecule has 0 unspecified atom stereocenters. The zero-order valence-electron chi connectivity index (χ0n) is 8.06. The van der Waals surface area contributed by atoms with Crippen molar-refractivity contribution in [2.45, 2.75) is 13.3 Å². The van der Waals surface area contributed by atoms with E-state index in [0.29, 0.717) is 12.1 Å². The molecule has 1 aromatic carbocycles. The summed E-state index contributed by atoms with van der Waals surface area (Å²) >= 11 is 3.22. The summed E-state index contributed by atoms with van der Waals surface area (Å²) in [5.41, 5.74) is 6.94. The van der Waals surface area contributed by atoms with Gasteiger partial charge in [0.1, 0.15) is 5.82 Å². The van der Waals surface area contributed by atoms with Crippen LogP contribution in [0.3, 0.4) is 0 Å². The van der Waals surface area contributed by atoms with E-state index in [0.717, 1.165) is 16.5 Å². The van der Waals surface area contributed by atoms with Gasteiger partial charge in [0, 0.05) is 10.0 Å². The molecule has 2 N–H and O–H groups in total. The summed E-state index contributed by atoms with van der Waals surface area (Å²) < 4.78 is 14.2. The maximum absolute atomic E-state index is 13.4. The Morgan fingerprint density at radius 1 is 1.57 bits per heavy atom. The van der Waals surface area contributed by atoms with Gasteiger partial charge in [-0.3, -0.25) is 0 Å². The zero-order valence-corrected chi connectivity index (χ0v) is 9.64. The number of benzene rings is 1. The molecule has 0 radical (unpaired) electrons. The molecule has 0 aliphatic carbocycles. The van der Waals surface area contributed by atoms with Crippen LogP contribution in [0.1, 0.15) is 18.9 Å². The SMILES string of the molecule is C/C(=C/CCN)c1ccc(Br)cc1F. The Balaban J connectivity index is 2.95. The van der Waals surface area contributed by atoms with E-state index in [2.05, 4.69) is 15.9 Å². The lowest BCUT2D eigenvalue weighted by Gasteiger charge is -2.03. The lowest BCUT2D eigenvalue weighted by Crippen LogP contribution is -1.96. The first-order valence-electron chi connectivity index (χ1n) is 4.47. The minimum Gasteiger partial charge on any atom is -0.330 e. The van der Waals surface area contributed by atoms with Crippen LogP contribution < -0.4 is 5.73 Å². The van der Waals surface area contributed by atoms with Crippen molar-refractivity contribution in [2.75, 3.05) is 6.54 Å². The van der Waals surface area contributed by atoms with Crippen molar-refractivity contribution in [2.24, 2.45) is 5.73 Å². The van der Waals surface area contributed by atoms with Crippen LogP contribution in [-0.4, -0.2) is 6.54 Å². The summed E-state index contributed by atoms with van der Waals surface area (Å²) in [4.78, 5) is 0. The summed E-state index contributed by atoms with van der Waals surface area (Å²) in [7, 11) is 0. The van der Waals surface area contributed by atoms with Gasteiger partial charge in [0.25, 0.3) is 0 Å². The molecule has 0 aliphatic heterocycles. The molecule has 0 heterocycles. The van der Waals surface area contributed by atoms with Crippen molar-refractivity contribution in [1.29, 1.82) is 0 Å². The highest BCUT2D eigenvalue weighted by Gasteiger charge is 2.03. The Bertz CT molecular complexity index is 347. The van der Waals surface area contributed by atoms with Crippen molar-refractivity contribution in [3.05, 3.63) is 40.1 Å². The molecule has 0 aliphatic rings. The van der Waals surface area contributed by atoms with Gasteiger partial charge >= 0.3 is 0 Å². The highest BCUT2D eigenvalue weighted by Crippen LogP contribution is 2.21. The van der Waals surface area contributed by atoms with Crippen LogP contribution in [0.25, 0.3) is 5.57 Å². The maximum Gasteiger partial charge on any atom is 0.131 e. The van der Waals surface area contributed by atoms with Crippen molar-refractivity contribution in [3.63, 3.8) is 0 Å². The van der Waals surface area contributed by atoms with Crippen LogP contribution in [-0.2, 0) is 0 Å². The van der Waals surface area contributed by atoms with E-state index >= 15 is 0 Å². The van der Waals surface area contributed by atoms with Gasteiger partial charge in [0.05, 0.1) is 0 Å². The van der Waals surface area contributed by atoms with Crippen molar-refractivity contribution in [3.8, 4) is 0 Å². The molecule has 0 saturated carbocycles. The van der Waals surface area contributed by atoms with E-state index in [4.69, 9.17) is 5.73 Å². The van der Waals surface area contributed by atoms with Crippen molar-refractivity contribution in [1.82, 2.24) is 0 Å². The third-order valence-electron chi connectivity index (χ3n) is 1.97. The molecule has 1 nitrogen and oxygen atoms in total. The molecule has 0 spiro atoms. The van der Waals surface area contributed by atoms with Crippen LogP contribution in [0.15, 0.2) is 28.7 Å². The molecule has 1 aromatic rings. The van der Waals surface area contributed by atoms with Gasteiger partial charge in [-0.1, -0.05) is 28.1 Å². The van der Waals surface area contributed by atoms with Gasteiger partial charge in [0.15, 0.2) is 0 Å². The first kappa shape index (κ1) is 11.4. The molecular formula is C11H13BrFN. The van der Waals surface area contributed by atoms with Crippen LogP contribution in [0.2, 0.25) is 0 Å². The number of rotatable bonds is 3. The first-order chi connectivity index (χ1) is 6.65. The summed E-state index contributed by atoms with van der Waals surface area (Å²) in [5, 5.41) is 0. The summed E-state index contributed by atoms with van der Waals surface area (Å²) in [6, 6.07) is 5.06. The minimum absolute atomic E-state index is 0.204. The molecule has 14 heavy (non-hydrogen) atoms. The predicted octanol–water partition coefficient (Wildman–Crippen LogP) is 3.34. The Morgan fingerprint density at radius 3 is 2.86 bits per heavy atom. The van der Waals surface area contributed by atoms with Gasteiger partial charge in [-0.05, 0) is 37.6 Å². The predicted molar refractivity (Wildman–Crippen MR) is 61.4 cm³/mol. The quantitative estimate of drug-likeness (QED) is 0.884. The summed E-state index contributed by atoms with van der Waals surface area (Å²) in [6.45, 7) is 2.48. The fourth-order valence-corrected chi connectivity index (χ4v) is 1.55. The molecule has 0 saturated heterocycles. The number of halogens is 2. The highest BCUT2D eigenvalue weighted by molar-refractivity contribution is 9.10. The summed E-state index contributed by atoms with van der Waals surface area (Å²) in [6.07, 6.45) is 2.73. The number of allylic oxidation sites excluding steroid dienone is 1. The Morgan fingerprint density at radius 2 is 2.29 bits per heavy atom. The van der Waals surface area contributed by atoms with Crippen LogP contribution in [0.5, 0.6) is 0 Å². The van der Waals surface area contributed by atoms with Gasteiger partial charge in [0.2, 0.25) is 0 Å². The largest absolute Gasteiger partial charge is 0.330 e. The van der Waals surface area contributed by atoms with Gasteiger partial charge in [-0.15, -0.1) is 0 Å². The fourth-order valence-electron chi connectivity index (χ4n) is 1.22. The first-order valence-corrected chi connectivity index (χ1v) is 5.26. The monoisotopic (exact) mass is 257 g/mol. The molecule has 1 rings (SSSR count). The van der Waals surface area contributed by atoms with Crippen molar-refractivity contribution >= 4 is 21.5 Å². The lowest BCUT2D eigenvalue weighted by atomic mass is 10.1. The number of hydrogen-bond acceptors (Lipinski definition) is 1. The zero-order chi connectivity index (χ0) is 10.6. The third-order valence-corrected chi connectivity index (χ3v) is 2.47. The molecule has 0 bridgehead atoms. The normalized spacial score (nSPS) is 11.9. The fraction of sp³-hybridized carbons (Fsp3) is 0.273. The van der Waals surface area contributed by atoms with Crippen LogP contribution in [0, 0.1) is 5.82 Å². The number of nitrogens with two attached hydrogens (primary N) is 1. The second kappa shape index (κ2) is 5.27. The van der Waals surface area contributed by atoms with E-state index in [-0.39, 0.29) is 5.82 Å². The molecule has 0 fully saturated rings. The van der Waals surface area contributed by atoms with E-state index < -0.39 is 0 Å². The average Bonchev–Trinajstić information content (AvgIpc) is 2.14. The average molecular weight is 258 g/mol. The topological polar surface area (TPSA) is 26.0 Å². The molecule has 3 heteroatoms. The molecular weight excluding hydrogens is 245 g/mol. The molecule has 0 amide bonds.